The number of hydrogen-bond acceptors (Lipinski definition) is 4. The Hall–Kier alpha value is -1.52. The Morgan fingerprint density at radius 1 is 1.50 bits per heavy atom. The zero-order valence-electron chi connectivity index (χ0n) is 11.3. The normalized spacial score (nSPS) is 23.7. The molecule has 0 radical (unpaired) electrons. The maximum Gasteiger partial charge on any atom is 0.295 e. The van der Waals surface area contributed by atoms with E-state index >= 15 is 0 Å². The molecule has 5 nitrogen and oxygen atoms in total. The first-order valence-electron chi connectivity index (χ1n) is 6.48. The summed E-state index contributed by atoms with van der Waals surface area (Å²) in [6, 6.07) is 0.442. The van der Waals surface area contributed by atoms with E-state index in [9.17, 15) is 4.79 Å². The lowest BCUT2D eigenvalue weighted by molar-refractivity contribution is 0.332. The molecule has 0 spiro atoms. The molecule has 1 saturated carbocycles. The second-order valence-electron chi connectivity index (χ2n) is 5.13. The maximum absolute atomic E-state index is 11.7. The molecule has 1 aromatic heterocycles. The van der Waals surface area contributed by atoms with Crippen LogP contribution in [0.4, 0.5) is 5.82 Å². The number of rotatable bonds is 3. The van der Waals surface area contributed by atoms with Gasteiger partial charge in [0.1, 0.15) is 0 Å². The van der Waals surface area contributed by atoms with Gasteiger partial charge < -0.3 is 14.6 Å². The Morgan fingerprint density at radius 2 is 2.28 bits per heavy atom. The van der Waals surface area contributed by atoms with Crippen LogP contribution in [0, 0.1) is 5.92 Å². The minimum atomic E-state index is -0.224. The van der Waals surface area contributed by atoms with Crippen molar-refractivity contribution in [3.8, 4) is 5.75 Å². The van der Waals surface area contributed by atoms with Crippen molar-refractivity contribution in [3.63, 3.8) is 0 Å². The molecule has 0 aromatic carbocycles. The van der Waals surface area contributed by atoms with Gasteiger partial charge in [-0.15, -0.1) is 0 Å². The van der Waals surface area contributed by atoms with Crippen molar-refractivity contribution >= 4 is 5.82 Å². The molecule has 18 heavy (non-hydrogen) atoms. The molecule has 2 unspecified atom stereocenters. The van der Waals surface area contributed by atoms with Gasteiger partial charge in [0.25, 0.3) is 5.56 Å². The Bertz CT molecular complexity index is 458. The van der Waals surface area contributed by atoms with Gasteiger partial charge >= 0.3 is 0 Å². The fourth-order valence-corrected chi connectivity index (χ4v) is 2.74. The number of methoxy groups -OCH3 is 1. The minimum absolute atomic E-state index is 0.224. The van der Waals surface area contributed by atoms with E-state index in [1.165, 1.54) is 26.3 Å². The van der Waals surface area contributed by atoms with Gasteiger partial charge in [0.15, 0.2) is 5.82 Å². The summed E-state index contributed by atoms with van der Waals surface area (Å²) in [5, 5.41) is 0. The average Bonchev–Trinajstić information content (AvgIpc) is 2.37. The Labute approximate surface area is 107 Å². The standard InChI is InChI=1S/C13H21N3O2/c1-9-5-4-6-10(7-9)16(2)12-11(18-3)13(17)15-8-14-12/h8-10H,4-7H2,1-3H3,(H,14,15,17). The van der Waals surface area contributed by atoms with Gasteiger partial charge in [-0.3, -0.25) is 4.79 Å². The molecule has 5 heteroatoms. The number of nitrogens with one attached hydrogen (secondary N) is 1. The van der Waals surface area contributed by atoms with Crippen molar-refractivity contribution < 1.29 is 4.74 Å². The van der Waals surface area contributed by atoms with E-state index in [0.29, 0.717) is 17.6 Å². The van der Waals surface area contributed by atoms with E-state index in [2.05, 4.69) is 21.8 Å². The van der Waals surface area contributed by atoms with E-state index < -0.39 is 0 Å². The second-order valence-corrected chi connectivity index (χ2v) is 5.13. The third-order valence-electron chi connectivity index (χ3n) is 3.79. The Morgan fingerprint density at radius 3 is 2.94 bits per heavy atom. The molecule has 2 rings (SSSR count). The summed E-state index contributed by atoms with van der Waals surface area (Å²) in [5.74, 6) is 1.68. The highest BCUT2D eigenvalue weighted by Gasteiger charge is 2.25. The summed E-state index contributed by atoms with van der Waals surface area (Å²) in [5.41, 5.74) is -0.224. The van der Waals surface area contributed by atoms with Crippen LogP contribution >= 0.6 is 0 Å². The van der Waals surface area contributed by atoms with E-state index in [0.717, 1.165) is 18.8 Å². The van der Waals surface area contributed by atoms with Crippen molar-refractivity contribution in [2.45, 2.75) is 38.6 Å². The van der Waals surface area contributed by atoms with Crippen LogP contribution in [0.2, 0.25) is 0 Å². The van der Waals surface area contributed by atoms with Crippen molar-refractivity contribution in [3.05, 3.63) is 16.7 Å². The summed E-state index contributed by atoms with van der Waals surface area (Å²) < 4.78 is 5.17. The molecule has 1 fully saturated rings. The van der Waals surface area contributed by atoms with Crippen LogP contribution in [-0.2, 0) is 0 Å². The SMILES string of the molecule is COc1c(N(C)C2CCCC(C)C2)nc[nH]c1=O. The Kier molecular flexibility index (Phi) is 3.89. The molecular formula is C13H21N3O2. The molecule has 100 valence electrons. The number of H-pyrrole nitrogens is 1. The second kappa shape index (κ2) is 5.42. The molecule has 0 saturated heterocycles. The fraction of sp³-hybridized carbons (Fsp3) is 0.692. The van der Waals surface area contributed by atoms with Crippen molar-refractivity contribution in [2.75, 3.05) is 19.1 Å². The molecule has 1 aliphatic rings. The molecular weight excluding hydrogens is 230 g/mol. The van der Waals surface area contributed by atoms with Crippen LogP contribution in [0.15, 0.2) is 11.1 Å². The molecule has 1 N–H and O–H groups in total. The molecule has 0 aliphatic heterocycles. The van der Waals surface area contributed by atoms with Crippen LogP contribution in [0.25, 0.3) is 0 Å². The highest BCUT2D eigenvalue weighted by molar-refractivity contribution is 5.50. The average molecular weight is 251 g/mol. The van der Waals surface area contributed by atoms with Crippen molar-refractivity contribution in [2.24, 2.45) is 5.92 Å². The third kappa shape index (κ3) is 2.49. The zero-order valence-corrected chi connectivity index (χ0v) is 11.3. The summed E-state index contributed by atoms with van der Waals surface area (Å²) in [6.07, 6.45) is 6.27. The number of anilines is 1. The summed E-state index contributed by atoms with van der Waals surface area (Å²) in [7, 11) is 3.50. The van der Waals surface area contributed by atoms with Crippen LogP contribution in [0.3, 0.4) is 0 Å². The van der Waals surface area contributed by atoms with Crippen molar-refractivity contribution in [1.29, 1.82) is 0 Å². The lowest BCUT2D eigenvalue weighted by Gasteiger charge is -2.35. The van der Waals surface area contributed by atoms with Crippen LogP contribution in [0.5, 0.6) is 5.75 Å². The number of ether oxygens (including phenoxy) is 1. The predicted molar refractivity (Wildman–Crippen MR) is 71.2 cm³/mol. The van der Waals surface area contributed by atoms with Gasteiger partial charge in [0, 0.05) is 13.1 Å². The predicted octanol–water partition coefficient (Wildman–Crippen LogP) is 1.79. The number of nitrogens with zero attached hydrogens (tertiary/aromatic N) is 2. The molecule has 1 aromatic rings. The quantitative estimate of drug-likeness (QED) is 0.890. The molecule has 1 heterocycles. The monoisotopic (exact) mass is 251 g/mol. The third-order valence-corrected chi connectivity index (χ3v) is 3.79. The van der Waals surface area contributed by atoms with Crippen LogP contribution in [0.1, 0.15) is 32.6 Å². The van der Waals surface area contributed by atoms with Gasteiger partial charge in [-0.2, -0.15) is 0 Å². The van der Waals surface area contributed by atoms with E-state index in [-0.39, 0.29) is 5.56 Å². The van der Waals surface area contributed by atoms with Crippen LogP contribution in [-0.4, -0.2) is 30.2 Å². The molecule has 2 atom stereocenters. The maximum atomic E-state index is 11.7. The minimum Gasteiger partial charge on any atom is -0.489 e. The van der Waals surface area contributed by atoms with E-state index in [1.807, 2.05) is 7.05 Å². The first kappa shape index (κ1) is 12.9. The zero-order chi connectivity index (χ0) is 13.1. The highest BCUT2D eigenvalue weighted by Crippen LogP contribution is 2.30. The fourth-order valence-electron chi connectivity index (χ4n) is 2.74. The topological polar surface area (TPSA) is 58.2 Å². The first-order valence-corrected chi connectivity index (χ1v) is 6.48. The summed E-state index contributed by atoms with van der Waals surface area (Å²) in [4.78, 5) is 20.6. The lowest BCUT2D eigenvalue weighted by Crippen LogP contribution is -2.37. The summed E-state index contributed by atoms with van der Waals surface area (Å²) >= 11 is 0. The first-order chi connectivity index (χ1) is 8.63. The number of aromatic nitrogens is 2. The van der Waals surface area contributed by atoms with Gasteiger partial charge in [0.05, 0.1) is 13.4 Å². The van der Waals surface area contributed by atoms with Gasteiger partial charge in [0.2, 0.25) is 5.75 Å². The van der Waals surface area contributed by atoms with Gasteiger partial charge in [-0.05, 0) is 18.8 Å². The molecule has 0 bridgehead atoms. The van der Waals surface area contributed by atoms with E-state index in [4.69, 9.17) is 4.74 Å². The van der Waals surface area contributed by atoms with Gasteiger partial charge in [-0.25, -0.2) is 4.98 Å². The highest BCUT2D eigenvalue weighted by atomic mass is 16.5. The lowest BCUT2D eigenvalue weighted by atomic mass is 9.86. The molecule has 1 aliphatic carbocycles. The number of hydrogen-bond donors (Lipinski definition) is 1. The summed E-state index contributed by atoms with van der Waals surface area (Å²) in [6.45, 7) is 2.28. The van der Waals surface area contributed by atoms with E-state index in [1.54, 1.807) is 0 Å². The van der Waals surface area contributed by atoms with Crippen molar-refractivity contribution in [1.82, 2.24) is 9.97 Å². The van der Waals surface area contributed by atoms with Crippen LogP contribution < -0.4 is 15.2 Å². The number of aromatic amines is 1. The Balaban J connectivity index is 2.25. The smallest absolute Gasteiger partial charge is 0.295 e. The van der Waals surface area contributed by atoms with Gasteiger partial charge in [-0.1, -0.05) is 19.8 Å². The molecule has 0 amide bonds. The largest absolute Gasteiger partial charge is 0.489 e.